The number of thiazole rings is 1. The van der Waals surface area contributed by atoms with Crippen LogP contribution in [0.3, 0.4) is 0 Å². The molecule has 1 aromatic carbocycles. The number of aromatic nitrogens is 1. The van der Waals surface area contributed by atoms with Crippen LogP contribution in [0, 0.1) is 0 Å². The third-order valence-corrected chi connectivity index (χ3v) is 4.91. The molecule has 4 nitrogen and oxygen atoms in total. The standard InChI is InChI=1S/C15H16ClN3OS.ClH/c16-12-6-2-1-5-11(12)14-18-8-13(21-14)15(20)19-7-3-4-10(17)9-19;/h1-2,5-6,8,10H,3-4,7,9,17H2;1H. The van der Waals surface area contributed by atoms with Crippen molar-refractivity contribution in [3.63, 3.8) is 0 Å². The van der Waals surface area contributed by atoms with E-state index in [1.165, 1.54) is 11.3 Å². The molecule has 1 amide bonds. The van der Waals surface area contributed by atoms with Crippen molar-refractivity contribution in [2.24, 2.45) is 5.73 Å². The highest BCUT2D eigenvalue weighted by Crippen LogP contribution is 2.31. The van der Waals surface area contributed by atoms with Crippen molar-refractivity contribution < 1.29 is 4.79 Å². The third-order valence-electron chi connectivity index (χ3n) is 3.57. The number of amides is 1. The molecule has 1 atom stereocenters. The van der Waals surface area contributed by atoms with E-state index in [0.717, 1.165) is 30.0 Å². The minimum atomic E-state index is 0. The largest absolute Gasteiger partial charge is 0.336 e. The molecule has 3 rings (SSSR count). The maximum atomic E-state index is 12.5. The number of hydrogen-bond donors (Lipinski definition) is 1. The van der Waals surface area contributed by atoms with Crippen LogP contribution in [-0.4, -0.2) is 34.9 Å². The van der Waals surface area contributed by atoms with Crippen molar-refractivity contribution in [3.8, 4) is 10.6 Å². The van der Waals surface area contributed by atoms with Gasteiger partial charge < -0.3 is 10.6 Å². The Kier molecular flexibility index (Phi) is 5.81. The molecule has 1 unspecified atom stereocenters. The Balaban J connectivity index is 0.00000176. The summed E-state index contributed by atoms with van der Waals surface area (Å²) in [5.41, 5.74) is 6.79. The molecule has 0 aliphatic carbocycles. The molecular weight excluding hydrogens is 341 g/mol. The van der Waals surface area contributed by atoms with Crippen LogP contribution >= 0.6 is 35.3 Å². The summed E-state index contributed by atoms with van der Waals surface area (Å²) in [6.07, 6.45) is 3.58. The summed E-state index contributed by atoms with van der Waals surface area (Å²) >= 11 is 7.55. The molecule has 22 heavy (non-hydrogen) atoms. The van der Waals surface area contributed by atoms with Gasteiger partial charge in [-0.1, -0.05) is 29.8 Å². The quantitative estimate of drug-likeness (QED) is 0.895. The Morgan fingerprint density at radius 2 is 2.18 bits per heavy atom. The van der Waals surface area contributed by atoms with E-state index in [-0.39, 0.29) is 24.4 Å². The molecule has 0 spiro atoms. The van der Waals surface area contributed by atoms with Gasteiger partial charge in [0.05, 0.1) is 11.2 Å². The molecule has 2 N–H and O–H groups in total. The van der Waals surface area contributed by atoms with Gasteiger partial charge in [0.15, 0.2) is 0 Å². The van der Waals surface area contributed by atoms with E-state index in [2.05, 4.69) is 4.98 Å². The van der Waals surface area contributed by atoms with Gasteiger partial charge in [-0.25, -0.2) is 4.98 Å². The number of carbonyl (C=O) groups is 1. The van der Waals surface area contributed by atoms with Gasteiger partial charge in [-0.3, -0.25) is 4.79 Å². The predicted molar refractivity (Wildman–Crippen MR) is 92.9 cm³/mol. The van der Waals surface area contributed by atoms with Gasteiger partial charge in [0.25, 0.3) is 5.91 Å². The molecule has 118 valence electrons. The Labute approximate surface area is 144 Å². The normalized spacial score (nSPS) is 17.9. The fourth-order valence-corrected chi connectivity index (χ4v) is 3.69. The number of carbonyl (C=O) groups excluding carboxylic acids is 1. The van der Waals surface area contributed by atoms with Crippen LogP contribution in [0.4, 0.5) is 0 Å². The Morgan fingerprint density at radius 1 is 1.41 bits per heavy atom. The van der Waals surface area contributed by atoms with Crippen LogP contribution in [0.5, 0.6) is 0 Å². The zero-order valence-electron chi connectivity index (χ0n) is 11.9. The monoisotopic (exact) mass is 357 g/mol. The molecule has 1 fully saturated rings. The summed E-state index contributed by atoms with van der Waals surface area (Å²) in [4.78, 5) is 19.3. The molecule has 1 saturated heterocycles. The zero-order chi connectivity index (χ0) is 14.8. The van der Waals surface area contributed by atoms with Gasteiger partial charge in [0.2, 0.25) is 0 Å². The van der Waals surface area contributed by atoms with E-state index in [9.17, 15) is 4.79 Å². The highest BCUT2D eigenvalue weighted by atomic mass is 35.5. The summed E-state index contributed by atoms with van der Waals surface area (Å²) < 4.78 is 0. The fraction of sp³-hybridized carbons (Fsp3) is 0.333. The summed E-state index contributed by atoms with van der Waals surface area (Å²) in [5.74, 6) is 0.0148. The Hall–Kier alpha value is -1.14. The summed E-state index contributed by atoms with van der Waals surface area (Å²) in [6, 6.07) is 7.60. The van der Waals surface area contributed by atoms with Crippen molar-refractivity contribution in [2.45, 2.75) is 18.9 Å². The van der Waals surface area contributed by atoms with Gasteiger partial charge in [0.1, 0.15) is 9.88 Å². The SMILES string of the molecule is Cl.NC1CCCN(C(=O)c2cnc(-c3ccccc3Cl)s2)C1. The second-order valence-electron chi connectivity index (χ2n) is 5.16. The maximum Gasteiger partial charge on any atom is 0.265 e. The third kappa shape index (κ3) is 3.60. The number of piperidine rings is 1. The molecule has 1 aliphatic rings. The zero-order valence-corrected chi connectivity index (χ0v) is 14.3. The van der Waals surface area contributed by atoms with Gasteiger partial charge >= 0.3 is 0 Å². The van der Waals surface area contributed by atoms with Gasteiger partial charge in [-0.2, -0.15) is 0 Å². The number of hydrogen-bond acceptors (Lipinski definition) is 4. The summed E-state index contributed by atoms with van der Waals surface area (Å²) in [7, 11) is 0. The molecule has 0 radical (unpaired) electrons. The topological polar surface area (TPSA) is 59.2 Å². The number of rotatable bonds is 2. The highest BCUT2D eigenvalue weighted by molar-refractivity contribution is 7.17. The molecule has 2 heterocycles. The average Bonchev–Trinajstić information content (AvgIpc) is 2.96. The lowest BCUT2D eigenvalue weighted by atomic mass is 10.1. The number of nitrogens with zero attached hydrogens (tertiary/aromatic N) is 2. The first-order chi connectivity index (χ1) is 10.1. The lowest BCUT2D eigenvalue weighted by molar-refractivity contribution is 0.0713. The van der Waals surface area contributed by atoms with Crippen LogP contribution in [0.2, 0.25) is 5.02 Å². The molecular formula is C15H17Cl2N3OS. The van der Waals surface area contributed by atoms with Gasteiger partial charge in [-0.05, 0) is 18.9 Å². The van der Waals surface area contributed by atoms with Crippen LogP contribution < -0.4 is 5.73 Å². The molecule has 1 aliphatic heterocycles. The van der Waals surface area contributed by atoms with Crippen molar-refractivity contribution >= 4 is 41.3 Å². The number of nitrogens with two attached hydrogens (primary N) is 1. The van der Waals surface area contributed by atoms with Gasteiger partial charge in [-0.15, -0.1) is 23.7 Å². The minimum absolute atomic E-state index is 0. The van der Waals surface area contributed by atoms with E-state index < -0.39 is 0 Å². The minimum Gasteiger partial charge on any atom is -0.336 e. The smallest absolute Gasteiger partial charge is 0.265 e. The van der Waals surface area contributed by atoms with Crippen LogP contribution in [0.1, 0.15) is 22.5 Å². The van der Waals surface area contributed by atoms with Gasteiger partial charge in [0, 0.05) is 24.7 Å². The second kappa shape index (κ2) is 7.42. The number of likely N-dealkylation sites (tertiary alicyclic amines) is 1. The maximum absolute atomic E-state index is 12.5. The first kappa shape index (κ1) is 17.2. The van der Waals surface area contributed by atoms with Crippen LogP contribution in [0.25, 0.3) is 10.6 Å². The first-order valence-electron chi connectivity index (χ1n) is 6.91. The molecule has 1 aromatic heterocycles. The first-order valence-corrected chi connectivity index (χ1v) is 8.10. The molecule has 0 saturated carbocycles. The number of halogens is 2. The fourth-order valence-electron chi connectivity index (χ4n) is 2.48. The number of benzene rings is 1. The Morgan fingerprint density at radius 3 is 2.91 bits per heavy atom. The van der Waals surface area contributed by atoms with Crippen LogP contribution in [0.15, 0.2) is 30.5 Å². The van der Waals surface area contributed by atoms with E-state index in [0.29, 0.717) is 16.4 Å². The van der Waals surface area contributed by atoms with E-state index in [1.807, 2.05) is 29.2 Å². The lowest BCUT2D eigenvalue weighted by Gasteiger charge is -2.30. The van der Waals surface area contributed by atoms with Crippen molar-refractivity contribution in [3.05, 3.63) is 40.4 Å². The summed E-state index contributed by atoms with van der Waals surface area (Å²) in [5, 5.41) is 1.41. The predicted octanol–water partition coefficient (Wildman–Crippen LogP) is 3.45. The Bertz CT molecular complexity index is 662. The van der Waals surface area contributed by atoms with Crippen molar-refractivity contribution in [1.29, 1.82) is 0 Å². The summed E-state index contributed by atoms with van der Waals surface area (Å²) in [6.45, 7) is 1.39. The van der Waals surface area contributed by atoms with Crippen LogP contribution in [-0.2, 0) is 0 Å². The lowest BCUT2D eigenvalue weighted by Crippen LogP contribution is -2.45. The van der Waals surface area contributed by atoms with E-state index >= 15 is 0 Å². The van der Waals surface area contributed by atoms with E-state index in [4.69, 9.17) is 17.3 Å². The highest BCUT2D eigenvalue weighted by Gasteiger charge is 2.24. The molecule has 2 aromatic rings. The average molecular weight is 358 g/mol. The molecule has 7 heteroatoms. The van der Waals surface area contributed by atoms with E-state index in [1.54, 1.807) is 6.20 Å². The van der Waals surface area contributed by atoms with Crippen molar-refractivity contribution in [2.75, 3.05) is 13.1 Å². The molecule has 0 bridgehead atoms. The van der Waals surface area contributed by atoms with Crippen molar-refractivity contribution in [1.82, 2.24) is 9.88 Å². The second-order valence-corrected chi connectivity index (χ2v) is 6.60.